The number of aryl methyl sites for hydroxylation is 1. The number of amides is 1. The first-order chi connectivity index (χ1) is 12.4. The number of aromatic nitrogens is 2. The van der Waals surface area contributed by atoms with E-state index in [9.17, 15) is 4.79 Å². The van der Waals surface area contributed by atoms with Crippen molar-refractivity contribution < 1.29 is 4.79 Å². The van der Waals surface area contributed by atoms with E-state index in [4.69, 9.17) is 34.8 Å². The van der Waals surface area contributed by atoms with Crippen LogP contribution in [0, 0.1) is 6.92 Å². The van der Waals surface area contributed by atoms with Gasteiger partial charge in [-0.3, -0.25) is 4.79 Å². The van der Waals surface area contributed by atoms with Gasteiger partial charge in [-0.2, -0.15) is 5.10 Å². The molecule has 7 heteroatoms. The zero-order chi connectivity index (χ0) is 18.4. The van der Waals surface area contributed by atoms with Crippen molar-refractivity contribution in [1.82, 2.24) is 9.78 Å². The molecule has 2 heterocycles. The molecule has 0 spiro atoms. The number of nitrogens with zero attached hydrogens (tertiary/aromatic N) is 2. The van der Waals surface area contributed by atoms with Crippen LogP contribution in [0.1, 0.15) is 16.8 Å². The molecule has 0 atom stereocenters. The lowest BCUT2D eigenvalue weighted by Crippen LogP contribution is -2.03. The first kappa shape index (κ1) is 17.2. The van der Waals surface area contributed by atoms with Gasteiger partial charge in [0.05, 0.1) is 11.4 Å². The Labute approximate surface area is 165 Å². The normalized spacial score (nSPS) is 14.6. The van der Waals surface area contributed by atoms with Crippen LogP contribution in [-0.2, 0) is 4.79 Å². The van der Waals surface area contributed by atoms with Crippen LogP contribution in [0.25, 0.3) is 17.3 Å². The van der Waals surface area contributed by atoms with E-state index in [2.05, 4.69) is 10.4 Å². The van der Waals surface area contributed by atoms with Crippen molar-refractivity contribution in [3.05, 3.63) is 74.5 Å². The number of carbonyl (C=O) groups excluding carboxylic acids is 1. The standard InChI is InChI=1S/C19H12Cl3N3O/c1-10-14(18(22)25(24-10)13-4-2-3-11(20)7-13)9-16-15-8-12(21)5-6-17(15)23-19(16)26/h2-9H,1H3,(H,23,26)/b16-9+. The maximum Gasteiger partial charge on any atom is 0.256 e. The summed E-state index contributed by atoms with van der Waals surface area (Å²) in [6, 6.07) is 12.5. The minimum Gasteiger partial charge on any atom is -0.321 e. The van der Waals surface area contributed by atoms with Gasteiger partial charge in [-0.05, 0) is 49.4 Å². The quantitative estimate of drug-likeness (QED) is 0.562. The lowest BCUT2D eigenvalue weighted by atomic mass is 10.0. The Kier molecular flexibility index (Phi) is 4.27. The monoisotopic (exact) mass is 403 g/mol. The van der Waals surface area contributed by atoms with E-state index in [-0.39, 0.29) is 5.91 Å². The van der Waals surface area contributed by atoms with E-state index in [1.54, 1.807) is 41.1 Å². The van der Waals surface area contributed by atoms with Crippen molar-refractivity contribution >= 4 is 58.0 Å². The van der Waals surface area contributed by atoms with Gasteiger partial charge in [-0.15, -0.1) is 0 Å². The average Bonchev–Trinajstić information content (AvgIpc) is 3.06. The first-order valence-corrected chi connectivity index (χ1v) is 8.91. The molecular weight excluding hydrogens is 393 g/mol. The van der Waals surface area contributed by atoms with Crippen molar-refractivity contribution in [3.8, 4) is 5.69 Å². The fourth-order valence-corrected chi connectivity index (χ4v) is 3.59. The maximum absolute atomic E-state index is 12.4. The molecule has 3 aromatic rings. The third kappa shape index (κ3) is 2.90. The summed E-state index contributed by atoms with van der Waals surface area (Å²) >= 11 is 18.7. The maximum atomic E-state index is 12.4. The molecule has 0 unspecified atom stereocenters. The molecule has 1 aliphatic rings. The molecule has 0 aliphatic carbocycles. The Bertz CT molecular complexity index is 1090. The van der Waals surface area contributed by atoms with Gasteiger partial charge in [0.2, 0.25) is 0 Å². The van der Waals surface area contributed by atoms with Crippen LogP contribution in [0.3, 0.4) is 0 Å². The average molecular weight is 405 g/mol. The summed E-state index contributed by atoms with van der Waals surface area (Å²) in [4.78, 5) is 12.4. The van der Waals surface area contributed by atoms with Gasteiger partial charge in [0.25, 0.3) is 5.91 Å². The molecule has 0 saturated carbocycles. The van der Waals surface area contributed by atoms with Gasteiger partial charge in [0.1, 0.15) is 5.15 Å². The van der Waals surface area contributed by atoms with Crippen LogP contribution in [0.4, 0.5) is 5.69 Å². The van der Waals surface area contributed by atoms with Gasteiger partial charge in [0, 0.05) is 32.4 Å². The molecule has 26 heavy (non-hydrogen) atoms. The Morgan fingerprint density at radius 1 is 1.08 bits per heavy atom. The van der Waals surface area contributed by atoms with Crippen molar-refractivity contribution in [2.45, 2.75) is 6.92 Å². The molecule has 2 aromatic carbocycles. The van der Waals surface area contributed by atoms with Gasteiger partial charge >= 0.3 is 0 Å². The second kappa shape index (κ2) is 6.47. The lowest BCUT2D eigenvalue weighted by Gasteiger charge is -2.03. The number of halogens is 3. The minimum absolute atomic E-state index is 0.201. The molecule has 4 rings (SSSR count). The number of fused-ring (bicyclic) bond motifs is 1. The zero-order valence-electron chi connectivity index (χ0n) is 13.6. The van der Waals surface area contributed by atoms with E-state index in [1.807, 2.05) is 19.1 Å². The Morgan fingerprint density at radius 3 is 2.62 bits per heavy atom. The van der Waals surface area contributed by atoms with Crippen molar-refractivity contribution in [2.75, 3.05) is 5.32 Å². The molecule has 0 saturated heterocycles. The Balaban J connectivity index is 1.85. The van der Waals surface area contributed by atoms with Gasteiger partial charge < -0.3 is 5.32 Å². The molecule has 1 N–H and O–H groups in total. The predicted molar refractivity (Wildman–Crippen MR) is 106 cm³/mol. The number of hydrogen-bond donors (Lipinski definition) is 1. The highest BCUT2D eigenvalue weighted by Gasteiger charge is 2.25. The number of rotatable bonds is 2. The first-order valence-electron chi connectivity index (χ1n) is 7.78. The fourth-order valence-electron chi connectivity index (χ4n) is 2.90. The lowest BCUT2D eigenvalue weighted by molar-refractivity contribution is -0.110. The zero-order valence-corrected chi connectivity index (χ0v) is 15.8. The predicted octanol–water partition coefficient (Wildman–Crippen LogP) is 5.63. The molecule has 1 aliphatic heterocycles. The second-order valence-corrected chi connectivity index (χ2v) is 7.11. The van der Waals surface area contributed by atoms with Crippen LogP contribution < -0.4 is 5.32 Å². The molecule has 0 radical (unpaired) electrons. The molecular formula is C19H12Cl3N3O. The smallest absolute Gasteiger partial charge is 0.256 e. The summed E-state index contributed by atoms with van der Waals surface area (Å²) in [7, 11) is 0. The minimum atomic E-state index is -0.201. The van der Waals surface area contributed by atoms with Crippen LogP contribution >= 0.6 is 34.8 Å². The van der Waals surface area contributed by atoms with Crippen LogP contribution in [0.2, 0.25) is 15.2 Å². The number of nitrogens with one attached hydrogen (secondary N) is 1. The van der Waals surface area contributed by atoms with Crippen molar-refractivity contribution in [3.63, 3.8) is 0 Å². The summed E-state index contributed by atoms with van der Waals surface area (Å²) < 4.78 is 1.60. The summed E-state index contributed by atoms with van der Waals surface area (Å²) in [6.07, 6.45) is 1.74. The molecule has 0 fully saturated rings. The van der Waals surface area contributed by atoms with E-state index in [0.29, 0.717) is 32.0 Å². The van der Waals surface area contributed by atoms with Gasteiger partial charge in [-0.25, -0.2) is 4.68 Å². The summed E-state index contributed by atoms with van der Waals surface area (Å²) in [6.45, 7) is 1.84. The highest BCUT2D eigenvalue weighted by molar-refractivity contribution is 6.38. The fraction of sp³-hybridized carbons (Fsp3) is 0.0526. The van der Waals surface area contributed by atoms with Crippen LogP contribution in [-0.4, -0.2) is 15.7 Å². The highest BCUT2D eigenvalue weighted by Crippen LogP contribution is 2.36. The molecule has 0 bridgehead atoms. The van der Waals surface area contributed by atoms with Crippen LogP contribution in [0.5, 0.6) is 0 Å². The highest BCUT2D eigenvalue weighted by atomic mass is 35.5. The third-order valence-electron chi connectivity index (χ3n) is 4.15. The number of benzene rings is 2. The van der Waals surface area contributed by atoms with E-state index < -0.39 is 0 Å². The molecule has 4 nitrogen and oxygen atoms in total. The van der Waals surface area contributed by atoms with E-state index in [0.717, 1.165) is 16.9 Å². The number of anilines is 1. The van der Waals surface area contributed by atoms with Crippen LogP contribution in [0.15, 0.2) is 42.5 Å². The van der Waals surface area contributed by atoms with Gasteiger partial charge in [0.15, 0.2) is 0 Å². The summed E-state index contributed by atoms with van der Waals surface area (Å²) in [5.41, 5.74) is 4.08. The number of hydrogen-bond acceptors (Lipinski definition) is 2. The largest absolute Gasteiger partial charge is 0.321 e. The molecule has 1 aromatic heterocycles. The molecule has 1 amide bonds. The van der Waals surface area contributed by atoms with Crippen molar-refractivity contribution in [2.24, 2.45) is 0 Å². The third-order valence-corrected chi connectivity index (χ3v) is 4.99. The van der Waals surface area contributed by atoms with E-state index in [1.165, 1.54) is 0 Å². The summed E-state index contributed by atoms with van der Waals surface area (Å²) in [5.74, 6) is -0.201. The van der Waals surface area contributed by atoms with E-state index >= 15 is 0 Å². The topological polar surface area (TPSA) is 46.9 Å². The second-order valence-electron chi connectivity index (χ2n) is 5.88. The SMILES string of the molecule is Cc1nn(-c2cccc(Cl)c2)c(Cl)c1/C=C1/C(=O)Nc2ccc(Cl)cc21. The van der Waals surface area contributed by atoms with Crippen molar-refractivity contribution in [1.29, 1.82) is 0 Å². The number of carbonyl (C=O) groups is 1. The Hall–Kier alpha value is -2.27. The molecule has 130 valence electrons. The summed E-state index contributed by atoms with van der Waals surface area (Å²) in [5, 5.41) is 8.86. The Morgan fingerprint density at radius 2 is 1.85 bits per heavy atom. The van der Waals surface area contributed by atoms with Gasteiger partial charge in [-0.1, -0.05) is 40.9 Å².